The Morgan fingerprint density at radius 3 is 2.24 bits per heavy atom. The van der Waals surface area contributed by atoms with Gasteiger partial charge in [0.25, 0.3) is 5.91 Å². The van der Waals surface area contributed by atoms with Crippen molar-refractivity contribution in [3.63, 3.8) is 0 Å². The van der Waals surface area contributed by atoms with E-state index in [4.69, 9.17) is 0 Å². The number of rotatable bonds is 5. The lowest BCUT2D eigenvalue weighted by atomic mass is 10.2. The highest BCUT2D eigenvalue weighted by atomic mass is 32.2. The van der Waals surface area contributed by atoms with Gasteiger partial charge in [-0.2, -0.15) is 4.31 Å². The minimum atomic E-state index is -3.48. The summed E-state index contributed by atoms with van der Waals surface area (Å²) < 4.78 is 28.8. The molecule has 1 aromatic heterocycles. The molecule has 138 valence electrons. The molecule has 0 unspecified atom stereocenters. The van der Waals surface area contributed by atoms with Crippen molar-refractivity contribution in [1.82, 2.24) is 13.8 Å². The van der Waals surface area contributed by atoms with E-state index in [-0.39, 0.29) is 10.8 Å². The first kappa shape index (κ1) is 17.1. The highest BCUT2D eigenvalue weighted by molar-refractivity contribution is 7.89. The van der Waals surface area contributed by atoms with Gasteiger partial charge in [-0.05, 0) is 44.6 Å². The lowest BCUT2D eigenvalue weighted by Gasteiger charge is -2.29. The van der Waals surface area contributed by atoms with E-state index in [1.807, 2.05) is 0 Å². The van der Waals surface area contributed by atoms with Crippen LogP contribution < -0.4 is 0 Å². The standard InChI is InChI=1S/C18H27N3O3S/c1-19-13-16(25(23,24)20-10-4-5-11-20)12-17(19)18(22)21(15-8-9-15)14-6-2-3-7-14/h12-15H,2-11H2,1H3. The summed E-state index contributed by atoms with van der Waals surface area (Å²) >= 11 is 0. The van der Waals surface area contributed by atoms with Crippen LogP contribution in [0.4, 0.5) is 0 Å². The van der Waals surface area contributed by atoms with Crippen molar-refractivity contribution in [2.45, 2.75) is 68.3 Å². The number of sulfonamides is 1. The van der Waals surface area contributed by atoms with Gasteiger partial charge in [0.05, 0.1) is 0 Å². The third kappa shape index (κ3) is 3.12. The van der Waals surface area contributed by atoms with Crippen LogP contribution in [-0.4, -0.2) is 53.3 Å². The predicted octanol–water partition coefficient (Wildman–Crippen LogP) is 2.36. The van der Waals surface area contributed by atoms with E-state index in [0.29, 0.717) is 30.9 Å². The molecular weight excluding hydrogens is 338 g/mol. The summed E-state index contributed by atoms with van der Waals surface area (Å²) in [6.07, 6.45) is 10.1. The van der Waals surface area contributed by atoms with Crippen LogP contribution in [0, 0.1) is 0 Å². The lowest BCUT2D eigenvalue weighted by Crippen LogP contribution is -2.41. The van der Waals surface area contributed by atoms with Crippen LogP contribution in [0.25, 0.3) is 0 Å². The van der Waals surface area contributed by atoms with Gasteiger partial charge in [0.15, 0.2) is 0 Å². The zero-order valence-corrected chi connectivity index (χ0v) is 15.7. The molecule has 0 atom stereocenters. The van der Waals surface area contributed by atoms with Gasteiger partial charge in [-0.25, -0.2) is 8.42 Å². The minimum Gasteiger partial charge on any atom is -0.345 e. The summed E-state index contributed by atoms with van der Waals surface area (Å²) in [4.78, 5) is 15.5. The summed E-state index contributed by atoms with van der Waals surface area (Å²) in [5.74, 6) is -0.000211. The number of hydrogen-bond donors (Lipinski definition) is 0. The molecule has 1 amide bonds. The van der Waals surface area contributed by atoms with Gasteiger partial charge >= 0.3 is 0 Å². The van der Waals surface area contributed by atoms with Gasteiger partial charge in [-0.15, -0.1) is 0 Å². The molecule has 4 rings (SSSR count). The van der Waals surface area contributed by atoms with Crippen LogP contribution in [-0.2, 0) is 17.1 Å². The Morgan fingerprint density at radius 2 is 1.64 bits per heavy atom. The monoisotopic (exact) mass is 365 g/mol. The van der Waals surface area contributed by atoms with E-state index in [1.54, 1.807) is 23.9 Å². The van der Waals surface area contributed by atoms with Crippen molar-refractivity contribution in [2.75, 3.05) is 13.1 Å². The van der Waals surface area contributed by atoms with Gasteiger partial charge < -0.3 is 9.47 Å². The van der Waals surface area contributed by atoms with E-state index >= 15 is 0 Å². The normalized spacial score (nSPS) is 22.6. The Hall–Kier alpha value is -1.34. The average Bonchev–Trinajstić information content (AvgIpc) is 3.04. The summed E-state index contributed by atoms with van der Waals surface area (Å²) in [6, 6.07) is 2.26. The van der Waals surface area contributed by atoms with E-state index in [9.17, 15) is 13.2 Å². The van der Waals surface area contributed by atoms with Gasteiger partial charge in [0.2, 0.25) is 10.0 Å². The van der Waals surface area contributed by atoms with Crippen molar-refractivity contribution in [1.29, 1.82) is 0 Å². The number of aromatic nitrogens is 1. The molecule has 0 bridgehead atoms. The fourth-order valence-corrected chi connectivity index (χ4v) is 5.85. The summed E-state index contributed by atoms with van der Waals surface area (Å²) in [5, 5.41) is 0. The Kier molecular flexibility index (Phi) is 4.40. The predicted molar refractivity (Wildman–Crippen MR) is 94.9 cm³/mol. The first-order valence-corrected chi connectivity index (χ1v) is 10.9. The van der Waals surface area contributed by atoms with Gasteiger partial charge in [-0.3, -0.25) is 4.79 Å². The number of nitrogens with zero attached hydrogens (tertiary/aromatic N) is 3. The van der Waals surface area contributed by atoms with Crippen molar-refractivity contribution in [3.05, 3.63) is 18.0 Å². The molecule has 1 saturated heterocycles. The zero-order chi connectivity index (χ0) is 17.6. The Balaban J connectivity index is 1.62. The first-order valence-electron chi connectivity index (χ1n) is 9.47. The minimum absolute atomic E-state index is 0.000211. The first-order chi connectivity index (χ1) is 12.0. The van der Waals surface area contributed by atoms with Crippen molar-refractivity contribution >= 4 is 15.9 Å². The number of aryl methyl sites for hydroxylation is 1. The Morgan fingerprint density at radius 1 is 1.04 bits per heavy atom. The quantitative estimate of drug-likeness (QED) is 0.805. The van der Waals surface area contributed by atoms with Gasteiger partial charge in [-0.1, -0.05) is 12.8 Å². The van der Waals surface area contributed by atoms with Crippen molar-refractivity contribution in [2.24, 2.45) is 7.05 Å². The van der Waals surface area contributed by atoms with Crippen LogP contribution in [0.2, 0.25) is 0 Å². The third-order valence-electron chi connectivity index (χ3n) is 5.79. The summed E-state index contributed by atoms with van der Waals surface area (Å²) in [5.41, 5.74) is 0.497. The third-order valence-corrected chi connectivity index (χ3v) is 7.66. The van der Waals surface area contributed by atoms with E-state index in [0.717, 1.165) is 38.5 Å². The molecular formula is C18H27N3O3S. The molecule has 7 heteroatoms. The molecule has 0 spiro atoms. The molecule has 2 heterocycles. The van der Waals surface area contributed by atoms with Crippen LogP contribution in [0.15, 0.2) is 17.2 Å². The molecule has 6 nitrogen and oxygen atoms in total. The average molecular weight is 365 g/mol. The molecule has 2 saturated carbocycles. The van der Waals surface area contributed by atoms with Crippen LogP contribution in [0.1, 0.15) is 61.9 Å². The maximum atomic E-state index is 13.2. The number of hydrogen-bond acceptors (Lipinski definition) is 3. The number of carbonyl (C=O) groups is 1. The zero-order valence-electron chi connectivity index (χ0n) is 14.9. The van der Waals surface area contributed by atoms with E-state index in [1.165, 1.54) is 17.1 Å². The van der Waals surface area contributed by atoms with E-state index in [2.05, 4.69) is 4.90 Å². The molecule has 0 radical (unpaired) electrons. The fraction of sp³-hybridized carbons (Fsp3) is 0.722. The van der Waals surface area contributed by atoms with Crippen molar-refractivity contribution < 1.29 is 13.2 Å². The summed E-state index contributed by atoms with van der Waals surface area (Å²) in [6.45, 7) is 1.16. The highest BCUT2D eigenvalue weighted by Crippen LogP contribution is 2.36. The maximum Gasteiger partial charge on any atom is 0.271 e. The fourth-order valence-electron chi connectivity index (χ4n) is 4.26. The van der Waals surface area contributed by atoms with Crippen LogP contribution in [0.3, 0.4) is 0 Å². The molecule has 1 aromatic rings. The Labute approximate surface area is 149 Å². The summed E-state index contributed by atoms with van der Waals surface area (Å²) in [7, 11) is -1.71. The maximum absolute atomic E-state index is 13.2. The molecule has 2 aliphatic carbocycles. The molecule has 25 heavy (non-hydrogen) atoms. The molecule has 0 aromatic carbocycles. The topological polar surface area (TPSA) is 62.6 Å². The van der Waals surface area contributed by atoms with Gasteiger partial charge in [0.1, 0.15) is 10.6 Å². The molecule has 3 aliphatic rings. The number of carbonyl (C=O) groups excluding carboxylic acids is 1. The van der Waals surface area contributed by atoms with Crippen LogP contribution in [0.5, 0.6) is 0 Å². The second kappa shape index (κ2) is 6.43. The number of amides is 1. The smallest absolute Gasteiger partial charge is 0.271 e. The lowest BCUT2D eigenvalue weighted by molar-refractivity contribution is 0.0654. The molecule has 3 fully saturated rings. The second-order valence-corrected chi connectivity index (χ2v) is 9.60. The molecule has 0 N–H and O–H groups in total. The van der Waals surface area contributed by atoms with Crippen LogP contribution >= 0.6 is 0 Å². The largest absolute Gasteiger partial charge is 0.345 e. The van der Waals surface area contributed by atoms with E-state index < -0.39 is 10.0 Å². The molecule has 1 aliphatic heterocycles. The highest BCUT2D eigenvalue weighted by Gasteiger charge is 2.40. The van der Waals surface area contributed by atoms with Gasteiger partial charge in [0, 0.05) is 38.4 Å². The Bertz CT molecular complexity index is 755. The SMILES string of the molecule is Cn1cc(S(=O)(=O)N2CCCC2)cc1C(=O)N(C1CCCC1)C1CC1. The second-order valence-electron chi connectivity index (χ2n) is 7.67. The van der Waals surface area contributed by atoms with Crippen molar-refractivity contribution in [3.8, 4) is 0 Å².